The van der Waals surface area contributed by atoms with Crippen LogP contribution in [0.5, 0.6) is 5.75 Å². The van der Waals surface area contributed by atoms with Crippen LogP contribution in [0.25, 0.3) is 16.8 Å². The Labute approximate surface area is 170 Å². The van der Waals surface area contributed by atoms with E-state index in [1.165, 1.54) is 0 Å². The van der Waals surface area contributed by atoms with Gasteiger partial charge in [0.15, 0.2) is 0 Å². The SMILES string of the molecule is O=C(/C=C/c1ccccc1)N(Cc1ccccc1O)c1cccc2ccccc12. The summed E-state index contributed by atoms with van der Waals surface area (Å²) in [6.07, 6.45) is 3.39. The molecule has 4 rings (SSSR count). The molecule has 4 aromatic rings. The van der Waals surface area contributed by atoms with Crippen molar-refractivity contribution >= 4 is 28.4 Å². The van der Waals surface area contributed by atoms with E-state index in [4.69, 9.17) is 0 Å². The van der Waals surface area contributed by atoms with Crippen molar-refractivity contribution in [2.45, 2.75) is 6.54 Å². The lowest BCUT2D eigenvalue weighted by Gasteiger charge is -2.24. The normalized spacial score (nSPS) is 11.0. The number of phenols is 1. The van der Waals surface area contributed by atoms with Crippen LogP contribution in [0.3, 0.4) is 0 Å². The maximum Gasteiger partial charge on any atom is 0.251 e. The summed E-state index contributed by atoms with van der Waals surface area (Å²) in [6, 6.07) is 30.7. The number of aromatic hydroxyl groups is 1. The summed E-state index contributed by atoms with van der Waals surface area (Å²) in [5.41, 5.74) is 2.47. The first-order valence-corrected chi connectivity index (χ1v) is 9.51. The van der Waals surface area contributed by atoms with Crippen molar-refractivity contribution < 1.29 is 9.90 Å². The van der Waals surface area contributed by atoms with E-state index >= 15 is 0 Å². The van der Waals surface area contributed by atoms with Crippen molar-refractivity contribution in [1.82, 2.24) is 0 Å². The number of nitrogens with zero attached hydrogens (tertiary/aromatic N) is 1. The molecule has 29 heavy (non-hydrogen) atoms. The summed E-state index contributed by atoms with van der Waals surface area (Å²) in [7, 11) is 0. The van der Waals surface area contributed by atoms with Crippen LogP contribution in [0.15, 0.2) is 103 Å². The van der Waals surface area contributed by atoms with Crippen LogP contribution in [0, 0.1) is 0 Å². The third-order valence-electron chi connectivity index (χ3n) is 4.86. The Morgan fingerprint density at radius 3 is 2.31 bits per heavy atom. The molecule has 0 aliphatic heterocycles. The summed E-state index contributed by atoms with van der Waals surface area (Å²) >= 11 is 0. The zero-order valence-electron chi connectivity index (χ0n) is 15.9. The summed E-state index contributed by atoms with van der Waals surface area (Å²) in [5, 5.41) is 12.3. The lowest BCUT2D eigenvalue weighted by atomic mass is 10.1. The lowest BCUT2D eigenvalue weighted by molar-refractivity contribution is -0.114. The van der Waals surface area contributed by atoms with Crippen LogP contribution in [0.4, 0.5) is 5.69 Å². The van der Waals surface area contributed by atoms with Crippen molar-refractivity contribution in [3.05, 3.63) is 114 Å². The highest BCUT2D eigenvalue weighted by Crippen LogP contribution is 2.30. The van der Waals surface area contributed by atoms with Gasteiger partial charge in [0.05, 0.1) is 12.2 Å². The number of phenolic OH excluding ortho intramolecular Hbond substituents is 1. The second-order valence-corrected chi connectivity index (χ2v) is 6.80. The molecule has 1 N–H and O–H groups in total. The van der Waals surface area contributed by atoms with Gasteiger partial charge in [-0.3, -0.25) is 4.79 Å². The fourth-order valence-electron chi connectivity index (χ4n) is 3.36. The molecule has 4 aromatic carbocycles. The number of fused-ring (bicyclic) bond motifs is 1. The Balaban J connectivity index is 1.75. The van der Waals surface area contributed by atoms with Crippen LogP contribution < -0.4 is 4.90 Å². The zero-order valence-corrected chi connectivity index (χ0v) is 15.9. The van der Waals surface area contributed by atoms with Crippen LogP contribution in [-0.2, 0) is 11.3 Å². The van der Waals surface area contributed by atoms with Gasteiger partial charge in [0.2, 0.25) is 0 Å². The van der Waals surface area contributed by atoms with Crippen LogP contribution >= 0.6 is 0 Å². The summed E-state index contributed by atoms with van der Waals surface area (Å²) in [4.78, 5) is 14.9. The zero-order chi connectivity index (χ0) is 20.1. The monoisotopic (exact) mass is 379 g/mol. The number of anilines is 1. The predicted octanol–water partition coefficient (Wildman–Crippen LogP) is 5.79. The molecule has 0 radical (unpaired) electrons. The van der Waals surface area contributed by atoms with Gasteiger partial charge >= 0.3 is 0 Å². The number of benzene rings is 4. The Kier molecular flexibility index (Phi) is 5.39. The Hall–Kier alpha value is -3.85. The van der Waals surface area contributed by atoms with Gasteiger partial charge < -0.3 is 10.0 Å². The molecule has 0 unspecified atom stereocenters. The van der Waals surface area contributed by atoms with Crippen molar-refractivity contribution in [3.63, 3.8) is 0 Å². The molecular weight excluding hydrogens is 358 g/mol. The van der Waals surface area contributed by atoms with Gasteiger partial charge in [0.1, 0.15) is 5.75 Å². The number of carbonyl (C=O) groups excluding carboxylic acids is 1. The molecule has 0 heterocycles. The number of amides is 1. The van der Waals surface area contributed by atoms with Gasteiger partial charge in [-0.05, 0) is 29.2 Å². The summed E-state index contributed by atoms with van der Waals surface area (Å²) in [6.45, 7) is 0.276. The second-order valence-electron chi connectivity index (χ2n) is 6.80. The fourth-order valence-corrected chi connectivity index (χ4v) is 3.36. The van der Waals surface area contributed by atoms with E-state index < -0.39 is 0 Å². The van der Waals surface area contributed by atoms with E-state index in [0.29, 0.717) is 5.56 Å². The van der Waals surface area contributed by atoms with Gasteiger partial charge in [0, 0.05) is 17.0 Å². The van der Waals surface area contributed by atoms with Crippen molar-refractivity contribution in [1.29, 1.82) is 0 Å². The molecule has 0 saturated heterocycles. The van der Waals surface area contributed by atoms with E-state index in [9.17, 15) is 9.90 Å². The highest BCUT2D eigenvalue weighted by molar-refractivity contribution is 6.09. The number of hydrogen-bond donors (Lipinski definition) is 1. The van der Waals surface area contributed by atoms with Gasteiger partial charge in [-0.2, -0.15) is 0 Å². The van der Waals surface area contributed by atoms with E-state index in [2.05, 4.69) is 0 Å². The van der Waals surface area contributed by atoms with Crippen molar-refractivity contribution in [2.24, 2.45) is 0 Å². The van der Waals surface area contributed by atoms with Gasteiger partial charge in [-0.15, -0.1) is 0 Å². The number of para-hydroxylation sites is 1. The van der Waals surface area contributed by atoms with E-state index in [1.54, 1.807) is 23.1 Å². The highest BCUT2D eigenvalue weighted by atomic mass is 16.3. The molecule has 142 valence electrons. The Morgan fingerprint density at radius 1 is 0.793 bits per heavy atom. The molecule has 3 heteroatoms. The fraction of sp³-hybridized carbons (Fsp3) is 0.0385. The van der Waals surface area contributed by atoms with Gasteiger partial charge in [-0.1, -0.05) is 84.9 Å². The van der Waals surface area contributed by atoms with Crippen molar-refractivity contribution in [3.8, 4) is 5.75 Å². The van der Waals surface area contributed by atoms with Gasteiger partial charge in [0.25, 0.3) is 5.91 Å². The maximum atomic E-state index is 13.2. The maximum absolute atomic E-state index is 13.2. The molecule has 3 nitrogen and oxygen atoms in total. The van der Waals surface area contributed by atoms with Crippen molar-refractivity contribution in [2.75, 3.05) is 4.90 Å². The summed E-state index contributed by atoms with van der Waals surface area (Å²) < 4.78 is 0. The molecule has 0 spiro atoms. The average Bonchev–Trinajstić information content (AvgIpc) is 2.77. The highest BCUT2D eigenvalue weighted by Gasteiger charge is 2.18. The topological polar surface area (TPSA) is 40.5 Å². The first-order valence-electron chi connectivity index (χ1n) is 9.51. The largest absolute Gasteiger partial charge is 0.508 e. The van der Waals surface area contributed by atoms with Crippen LogP contribution in [-0.4, -0.2) is 11.0 Å². The number of rotatable bonds is 5. The minimum atomic E-state index is -0.145. The Morgan fingerprint density at radius 2 is 1.48 bits per heavy atom. The third kappa shape index (κ3) is 4.19. The average molecular weight is 379 g/mol. The minimum absolute atomic E-state index is 0.145. The molecule has 0 fully saturated rings. The molecule has 0 bridgehead atoms. The third-order valence-corrected chi connectivity index (χ3v) is 4.86. The smallest absolute Gasteiger partial charge is 0.251 e. The molecule has 0 aromatic heterocycles. The van der Waals surface area contributed by atoms with E-state index in [1.807, 2.05) is 91.0 Å². The number of carbonyl (C=O) groups is 1. The Bertz CT molecular complexity index is 1160. The molecule has 0 aliphatic rings. The van der Waals surface area contributed by atoms with E-state index in [0.717, 1.165) is 22.0 Å². The molecular formula is C26H21NO2. The van der Waals surface area contributed by atoms with Crippen LogP contribution in [0.1, 0.15) is 11.1 Å². The predicted molar refractivity (Wildman–Crippen MR) is 119 cm³/mol. The standard InChI is InChI=1S/C26H21NO2/c28-25-16-7-5-12-22(25)19-27(26(29)18-17-20-9-2-1-3-10-20)24-15-8-13-21-11-4-6-14-23(21)24/h1-18,28H,19H2/b18-17+. The lowest BCUT2D eigenvalue weighted by Crippen LogP contribution is -2.29. The van der Waals surface area contributed by atoms with Gasteiger partial charge in [-0.25, -0.2) is 0 Å². The molecule has 0 saturated carbocycles. The molecule has 0 aliphatic carbocycles. The van der Waals surface area contributed by atoms with E-state index in [-0.39, 0.29) is 18.2 Å². The first kappa shape index (κ1) is 18.5. The second kappa shape index (κ2) is 8.44. The minimum Gasteiger partial charge on any atom is -0.508 e. The molecule has 0 atom stereocenters. The molecule has 1 amide bonds. The first-order chi connectivity index (χ1) is 14.2. The number of hydrogen-bond acceptors (Lipinski definition) is 2. The van der Waals surface area contributed by atoms with Crippen LogP contribution in [0.2, 0.25) is 0 Å². The quantitative estimate of drug-likeness (QED) is 0.446. The summed E-state index contributed by atoms with van der Waals surface area (Å²) in [5.74, 6) is 0.0334.